The van der Waals surface area contributed by atoms with Crippen molar-refractivity contribution in [1.82, 2.24) is 9.96 Å². The largest absolute Gasteiger partial charge is 0.333 e. The lowest BCUT2D eigenvalue weighted by Crippen LogP contribution is -2.44. The number of imide groups is 2. The number of hydroxylamine groups is 2. The Hall–Kier alpha value is -3.04. The van der Waals surface area contributed by atoms with Gasteiger partial charge in [-0.2, -0.15) is 0 Å². The summed E-state index contributed by atoms with van der Waals surface area (Å²) in [6.45, 7) is 0. The Labute approximate surface area is 162 Å². The summed E-state index contributed by atoms with van der Waals surface area (Å²) in [5, 5.41) is 0.533. The summed E-state index contributed by atoms with van der Waals surface area (Å²) in [5.74, 6) is -2.04. The summed E-state index contributed by atoms with van der Waals surface area (Å²) >= 11 is 3.30. The van der Waals surface area contributed by atoms with Gasteiger partial charge < -0.3 is 0 Å². The van der Waals surface area contributed by atoms with Gasteiger partial charge in [-0.15, -0.1) is 5.06 Å². The molecule has 136 valence electrons. The lowest BCUT2D eigenvalue weighted by Gasteiger charge is -2.24. The van der Waals surface area contributed by atoms with Gasteiger partial charge in [0.05, 0.1) is 11.1 Å². The molecule has 2 aliphatic heterocycles. The van der Waals surface area contributed by atoms with Crippen molar-refractivity contribution in [2.45, 2.75) is 6.23 Å². The van der Waals surface area contributed by atoms with Gasteiger partial charge in [0.15, 0.2) is 0 Å². The quantitative estimate of drug-likeness (QED) is 0.552. The molecule has 1 atom stereocenters. The molecule has 2 aromatic rings. The van der Waals surface area contributed by atoms with Gasteiger partial charge in [0.2, 0.25) is 6.23 Å². The number of fused-ring (bicyclic) bond motifs is 1. The monoisotopic (exact) mass is 429 g/mol. The minimum Gasteiger partial charge on any atom is -0.269 e. The SMILES string of the molecule is CN1C(=O)[C@H](ON2C(=O)c3ccccc3C2=O)N(c2ccc(Br)cc2)C1=O. The smallest absolute Gasteiger partial charge is 0.269 e. The van der Waals surface area contributed by atoms with E-state index in [4.69, 9.17) is 4.84 Å². The average molecular weight is 430 g/mol. The van der Waals surface area contributed by atoms with Crippen molar-refractivity contribution in [3.63, 3.8) is 0 Å². The van der Waals surface area contributed by atoms with Crippen molar-refractivity contribution in [2.75, 3.05) is 11.9 Å². The molecule has 0 aromatic heterocycles. The second kappa shape index (κ2) is 6.29. The molecule has 2 aromatic carbocycles. The number of rotatable bonds is 3. The number of likely N-dealkylation sites (N-methyl/N-ethyl adjacent to an activating group) is 1. The predicted octanol–water partition coefficient (Wildman–Crippen LogP) is 2.40. The summed E-state index contributed by atoms with van der Waals surface area (Å²) in [6.07, 6.45) is -1.47. The van der Waals surface area contributed by atoms with Crippen molar-refractivity contribution >= 4 is 45.4 Å². The highest BCUT2D eigenvalue weighted by molar-refractivity contribution is 9.10. The van der Waals surface area contributed by atoms with E-state index in [9.17, 15) is 19.2 Å². The van der Waals surface area contributed by atoms with E-state index in [2.05, 4.69) is 15.9 Å². The van der Waals surface area contributed by atoms with Crippen LogP contribution in [-0.2, 0) is 9.63 Å². The number of amides is 5. The van der Waals surface area contributed by atoms with Crippen LogP contribution in [-0.4, -0.2) is 47.0 Å². The Morgan fingerprint density at radius 2 is 1.44 bits per heavy atom. The molecule has 2 aliphatic rings. The van der Waals surface area contributed by atoms with Gasteiger partial charge in [0, 0.05) is 17.2 Å². The van der Waals surface area contributed by atoms with Crippen LogP contribution in [0.25, 0.3) is 0 Å². The van der Waals surface area contributed by atoms with Crippen molar-refractivity contribution in [2.24, 2.45) is 0 Å². The van der Waals surface area contributed by atoms with E-state index >= 15 is 0 Å². The second-order valence-electron chi connectivity index (χ2n) is 5.93. The van der Waals surface area contributed by atoms with Gasteiger partial charge in [-0.25, -0.2) is 9.63 Å². The van der Waals surface area contributed by atoms with E-state index < -0.39 is 30.0 Å². The molecular formula is C18H12BrN3O5. The van der Waals surface area contributed by atoms with E-state index in [-0.39, 0.29) is 11.1 Å². The number of urea groups is 1. The van der Waals surface area contributed by atoms with Gasteiger partial charge in [-0.3, -0.25) is 24.2 Å². The third-order valence-electron chi connectivity index (χ3n) is 4.34. The Morgan fingerprint density at radius 1 is 0.889 bits per heavy atom. The van der Waals surface area contributed by atoms with Crippen LogP contribution in [0.3, 0.4) is 0 Å². The van der Waals surface area contributed by atoms with Crippen LogP contribution in [0.2, 0.25) is 0 Å². The van der Waals surface area contributed by atoms with Gasteiger partial charge in [0.25, 0.3) is 17.7 Å². The Kier molecular flexibility index (Phi) is 4.05. The molecule has 0 saturated carbocycles. The number of benzene rings is 2. The summed E-state index contributed by atoms with van der Waals surface area (Å²) in [5.41, 5.74) is 0.758. The summed E-state index contributed by atoms with van der Waals surface area (Å²) < 4.78 is 0.787. The third-order valence-corrected chi connectivity index (χ3v) is 4.86. The van der Waals surface area contributed by atoms with Crippen molar-refractivity contribution in [1.29, 1.82) is 0 Å². The molecular weight excluding hydrogens is 418 g/mol. The molecule has 2 heterocycles. The Balaban J connectivity index is 1.68. The average Bonchev–Trinajstić information content (AvgIpc) is 3.04. The highest BCUT2D eigenvalue weighted by atomic mass is 79.9. The van der Waals surface area contributed by atoms with Gasteiger partial charge >= 0.3 is 6.03 Å². The van der Waals surface area contributed by atoms with E-state index in [1.807, 2.05) is 0 Å². The number of nitrogens with zero attached hydrogens (tertiary/aromatic N) is 3. The fourth-order valence-corrected chi connectivity index (χ4v) is 3.20. The predicted molar refractivity (Wildman–Crippen MR) is 96.6 cm³/mol. The maximum Gasteiger partial charge on any atom is 0.333 e. The van der Waals surface area contributed by atoms with Crippen molar-refractivity contribution < 1.29 is 24.0 Å². The summed E-state index contributed by atoms with van der Waals surface area (Å²) in [4.78, 5) is 57.5. The molecule has 0 radical (unpaired) electrons. The van der Waals surface area contributed by atoms with Crippen LogP contribution < -0.4 is 4.90 Å². The number of hydrogen-bond donors (Lipinski definition) is 0. The minimum absolute atomic E-state index is 0.183. The first-order valence-corrected chi connectivity index (χ1v) is 8.70. The van der Waals surface area contributed by atoms with Gasteiger partial charge in [-0.05, 0) is 36.4 Å². The number of carbonyl (C=O) groups excluding carboxylic acids is 4. The normalized spacial score (nSPS) is 19.3. The molecule has 0 unspecified atom stereocenters. The zero-order valence-electron chi connectivity index (χ0n) is 14.0. The molecule has 8 nitrogen and oxygen atoms in total. The first-order chi connectivity index (χ1) is 12.9. The number of hydrogen-bond acceptors (Lipinski definition) is 5. The van der Waals surface area contributed by atoms with Gasteiger partial charge in [-0.1, -0.05) is 28.1 Å². The molecule has 0 aliphatic carbocycles. The van der Waals surface area contributed by atoms with E-state index in [1.165, 1.54) is 19.2 Å². The van der Waals surface area contributed by atoms with Crippen molar-refractivity contribution in [3.05, 3.63) is 64.1 Å². The molecule has 1 saturated heterocycles. The van der Waals surface area contributed by atoms with E-state index in [0.29, 0.717) is 10.8 Å². The van der Waals surface area contributed by atoms with Crippen LogP contribution in [0.4, 0.5) is 10.5 Å². The highest BCUT2D eigenvalue weighted by Crippen LogP contribution is 2.30. The Bertz CT molecular complexity index is 956. The van der Waals surface area contributed by atoms with E-state index in [0.717, 1.165) is 14.3 Å². The zero-order valence-corrected chi connectivity index (χ0v) is 15.5. The molecule has 0 bridgehead atoms. The number of anilines is 1. The first kappa shape index (κ1) is 17.4. The molecule has 4 rings (SSSR count). The Morgan fingerprint density at radius 3 is 2.00 bits per heavy atom. The highest BCUT2D eigenvalue weighted by Gasteiger charge is 2.49. The van der Waals surface area contributed by atoms with Crippen molar-refractivity contribution in [3.8, 4) is 0 Å². The number of halogens is 1. The molecule has 27 heavy (non-hydrogen) atoms. The summed E-state index contributed by atoms with van der Waals surface area (Å²) in [6, 6.07) is 12.3. The lowest BCUT2D eigenvalue weighted by molar-refractivity contribution is -0.158. The van der Waals surface area contributed by atoms with Crippen LogP contribution in [0.15, 0.2) is 53.0 Å². The molecule has 0 spiro atoms. The summed E-state index contributed by atoms with van der Waals surface area (Å²) in [7, 11) is 1.31. The minimum atomic E-state index is -1.47. The standard InChI is InChI=1S/C18H12BrN3O5/c1-20-16(25)17(21(18(20)26)11-8-6-10(19)7-9-11)27-22-14(23)12-4-2-3-5-13(12)15(22)24/h2-9,17H,1H3/t17-/m0/s1. The van der Waals surface area contributed by atoms with Crippen LogP contribution in [0.1, 0.15) is 20.7 Å². The zero-order chi connectivity index (χ0) is 19.3. The first-order valence-electron chi connectivity index (χ1n) is 7.91. The van der Waals surface area contributed by atoms with E-state index in [1.54, 1.807) is 36.4 Å². The maximum absolute atomic E-state index is 12.5. The van der Waals surface area contributed by atoms with Gasteiger partial charge in [0.1, 0.15) is 0 Å². The van der Waals surface area contributed by atoms with Crippen LogP contribution >= 0.6 is 15.9 Å². The maximum atomic E-state index is 12.5. The lowest BCUT2D eigenvalue weighted by atomic mass is 10.1. The van der Waals surface area contributed by atoms with Crippen LogP contribution in [0, 0.1) is 0 Å². The second-order valence-corrected chi connectivity index (χ2v) is 6.85. The third kappa shape index (κ3) is 2.63. The molecule has 1 fully saturated rings. The fourth-order valence-electron chi connectivity index (χ4n) is 2.93. The molecule has 9 heteroatoms. The molecule has 0 N–H and O–H groups in total. The fraction of sp³-hybridized carbons (Fsp3) is 0.111. The topological polar surface area (TPSA) is 87.2 Å². The van der Waals surface area contributed by atoms with Crippen LogP contribution in [0.5, 0.6) is 0 Å². The molecule has 5 amide bonds. The number of carbonyl (C=O) groups is 4.